The summed E-state index contributed by atoms with van der Waals surface area (Å²) in [6.07, 6.45) is -0.0827. The van der Waals surface area contributed by atoms with Crippen LogP contribution in [-0.4, -0.2) is 29.5 Å². The highest BCUT2D eigenvalue weighted by atomic mass is 16.2. The van der Waals surface area contributed by atoms with Crippen LogP contribution in [0.25, 0.3) is 0 Å². The number of Topliss-reactive ketones (excluding diaryl/α,β-unsaturated/α-hetero) is 1. The second kappa shape index (κ2) is 5.02. The Balaban J connectivity index is 2.28. The fourth-order valence-corrected chi connectivity index (χ4v) is 2.11. The van der Waals surface area contributed by atoms with Gasteiger partial charge in [0.1, 0.15) is 5.92 Å². The van der Waals surface area contributed by atoms with E-state index in [-0.39, 0.29) is 18.6 Å². The largest absolute Gasteiger partial charge is 0.298 e. The molecule has 96 valence electrons. The molecule has 1 aromatic carbocycles. The van der Waals surface area contributed by atoms with Crippen LogP contribution in [0.2, 0.25) is 0 Å². The van der Waals surface area contributed by atoms with Gasteiger partial charge in [-0.15, -0.1) is 0 Å². The molecule has 1 aliphatic rings. The molecule has 2 amide bonds. The molecule has 19 heavy (non-hydrogen) atoms. The number of hydrogen-bond acceptors (Lipinski definition) is 4. The van der Waals surface area contributed by atoms with Gasteiger partial charge in [0.15, 0.2) is 5.78 Å². The minimum atomic E-state index is -0.864. The molecule has 5 nitrogen and oxygen atoms in total. The number of nitrogens with zero attached hydrogens (tertiary/aromatic N) is 2. The van der Waals surface area contributed by atoms with Crippen LogP contribution in [0.4, 0.5) is 0 Å². The van der Waals surface area contributed by atoms with E-state index in [2.05, 4.69) is 0 Å². The van der Waals surface area contributed by atoms with E-state index in [1.807, 2.05) is 6.07 Å². The number of ketones is 1. The molecular weight excluding hydrogens is 244 g/mol. The first-order valence-corrected chi connectivity index (χ1v) is 5.85. The molecule has 2 rings (SSSR count). The molecule has 0 spiro atoms. The van der Waals surface area contributed by atoms with Gasteiger partial charge < -0.3 is 0 Å². The molecule has 0 saturated carbocycles. The topological polar surface area (TPSA) is 78.2 Å². The molecule has 1 aromatic rings. The van der Waals surface area contributed by atoms with Crippen LogP contribution in [0.3, 0.4) is 0 Å². The average molecular weight is 256 g/mol. The van der Waals surface area contributed by atoms with Gasteiger partial charge in [-0.25, -0.2) is 0 Å². The molecule has 0 aromatic heterocycles. The summed E-state index contributed by atoms with van der Waals surface area (Å²) in [4.78, 5) is 36.1. The lowest BCUT2D eigenvalue weighted by Gasteiger charge is -2.26. The number of carbonyl (C=O) groups excluding carboxylic acids is 3. The zero-order valence-corrected chi connectivity index (χ0v) is 10.4. The van der Waals surface area contributed by atoms with Crippen molar-refractivity contribution in [2.24, 2.45) is 5.92 Å². The number of piperidine rings is 1. The van der Waals surface area contributed by atoms with E-state index >= 15 is 0 Å². The van der Waals surface area contributed by atoms with Crippen molar-refractivity contribution in [1.29, 1.82) is 5.26 Å². The first kappa shape index (κ1) is 13.0. The predicted molar refractivity (Wildman–Crippen MR) is 65.8 cm³/mol. The minimum absolute atomic E-state index is 0.166. The lowest BCUT2D eigenvalue weighted by atomic mass is 9.88. The van der Waals surface area contributed by atoms with Crippen molar-refractivity contribution >= 4 is 17.6 Å². The Bertz CT molecular complexity index is 601. The first-order valence-electron chi connectivity index (χ1n) is 5.85. The van der Waals surface area contributed by atoms with Gasteiger partial charge in [0, 0.05) is 7.05 Å². The standard InChI is InChI=1S/C14H12N2O3/c1-16-13(18)7-12(17)11(14(16)19)6-9-4-2-3-5-10(9)8-15/h2-5,11H,6-7H2,1H3. The molecule has 1 aliphatic heterocycles. The Morgan fingerprint density at radius 1 is 1.32 bits per heavy atom. The Morgan fingerprint density at radius 2 is 2.00 bits per heavy atom. The highest BCUT2D eigenvalue weighted by molar-refractivity contribution is 6.18. The maximum atomic E-state index is 12.0. The number of benzene rings is 1. The van der Waals surface area contributed by atoms with Crippen LogP contribution in [0.15, 0.2) is 24.3 Å². The Morgan fingerprint density at radius 3 is 2.68 bits per heavy atom. The summed E-state index contributed by atoms with van der Waals surface area (Å²) in [5, 5.41) is 8.99. The summed E-state index contributed by atoms with van der Waals surface area (Å²) in [6.45, 7) is 0. The van der Waals surface area contributed by atoms with Crippen LogP contribution in [0.1, 0.15) is 17.5 Å². The summed E-state index contributed by atoms with van der Waals surface area (Å²) in [5.74, 6) is -2.20. The van der Waals surface area contributed by atoms with Gasteiger partial charge in [0.05, 0.1) is 18.1 Å². The number of amides is 2. The van der Waals surface area contributed by atoms with Crippen LogP contribution in [0.5, 0.6) is 0 Å². The zero-order valence-electron chi connectivity index (χ0n) is 10.4. The molecule has 1 heterocycles. The van der Waals surface area contributed by atoms with Gasteiger partial charge in [-0.3, -0.25) is 19.3 Å². The Kier molecular flexibility index (Phi) is 3.43. The molecule has 1 fully saturated rings. The quantitative estimate of drug-likeness (QED) is 0.575. The second-order valence-corrected chi connectivity index (χ2v) is 4.46. The Labute approximate surface area is 110 Å². The van der Waals surface area contributed by atoms with Crippen molar-refractivity contribution in [2.75, 3.05) is 7.05 Å². The zero-order chi connectivity index (χ0) is 14.0. The molecule has 1 atom stereocenters. The van der Waals surface area contributed by atoms with Crippen LogP contribution in [0, 0.1) is 17.2 Å². The number of likely N-dealkylation sites (tertiary alicyclic amines) is 1. The smallest absolute Gasteiger partial charge is 0.239 e. The minimum Gasteiger partial charge on any atom is -0.298 e. The molecule has 0 aliphatic carbocycles. The highest BCUT2D eigenvalue weighted by Crippen LogP contribution is 2.21. The fraction of sp³-hybridized carbons (Fsp3) is 0.286. The summed E-state index contributed by atoms with van der Waals surface area (Å²) in [7, 11) is 1.38. The summed E-state index contributed by atoms with van der Waals surface area (Å²) >= 11 is 0. The van der Waals surface area contributed by atoms with E-state index in [0.717, 1.165) is 4.90 Å². The SMILES string of the molecule is CN1C(=O)CC(=O)C(Cc2ccccc2C#N)C1=O. The number of rotatable bonds is 2. The lowest BCUT2D eigenvalue weighted by molar-refractivity contribution is -0.154. The van der Waals surface area contributed by atoms with Crippen molar-refractivity contribution < 1.29 is 14.4 Å². The average Bonchev–Trinajstić information content (AvgIpc) is 2.41. The van der Waals surface area contributed by atoms with Crippen molar-refractivity contribution in [2.45, 2.75) is 12.8 Å². The number of imide groups is 1. The van der Waals surface area contributed by atoms with Gasteiger partial charge in [0.2, 0.25) is 11.8 Å². The lowest BCUT2D eigenvalue weighted by Crippen LogP contribution is -2.48. The van der Waals surface area contributed by atoms with Crippen molar-refractivity contribution in [1.82, 2.24) is 4.90 Å². The van der Waals surface area contributed by atoms with Crippen molar-refractivity contribution in [3.63, 3.8) is 0 Å². The highest BCUT2D eigenvalue weighted by Gasteiger charge is 2.38. The number of nitriles is 1. The van der Waals surface area contributed by atoms with Crippen LogP contribution in [-0.2, 0) is 20.8 Å². The molecule has 0 N–H and O–H groups in total. The molecule has 0 radical (unpaired) electrons. The van der Waals surface area contributed by atoms with Crippen molar-refractivity contribution in [3.8, 4) is 6.07 Å². The van der Waals surface area contributed by atoms with E-state index in [9.17, 15) is 14.4 Å². The molecule has 0 bridgehead atoms. The predicted octanol–water partition coefficient (Wildman–Crippen LogP) is 0.675. The maximum Gasteiger partial charge on any atom is 0.239 e. The van der Waals surface area contributed by atoms with Gasteiger partial charge in [0.25, 0.3) is 0 Å². The number of hydrogen-bond donors (Lipinski definition) is 0. The third kappa shape index (κ3) is 2.38. The van der Waals surface area contributed by atoms with E-state index in [1.165, 1.54) is 7.05 Å². The van der Waals surface area contributed by atoms with E-state index < -0.39 is 17.7 Å². The molecule has 1 saturated heterocycles. The third-order valence-corrected chi connectivity index (χ3v) is 3.28. The maximum absolute atomic E-state index is 12.0. The number of carbonyl (C=O) groups is 3. The Hall–Kier alpha value is -2.48. The third-order valence-electron chi connectivity index (χ3n) is 3.28. The normalized spacial score (nSPS) is 19.5. The molecule has 1 unspecified atom stereocenters. The second-order valence-electron chi connectivity index (χ2n) is 4.46. The van der Waals surface area contributed by atoms with Gasteiger partial charge in [-0.2, -0.15) is 5.26 Å². The monoisotopic (exact) mass is 256 g/mol. The van der Waals surface area contributed by atoms with E-state index in [4.69, 9.17) is 5.26 Å². The van der Waals surface area contributed by atoms with Crippen molar-refractivity contribution in [3.05, 3.63) is 35.4 Å². The van der Waals surface area contributed by atoms with Crippen LogP contribution >= 0.6 is 0 Å². The van der Waals surface area contributed by atoms with Crippen LogP contribution < -0.4 is 0 Å². The van der Waals surface area contributed by atoms with Gasteiger partial charge in [-0.1, -0.05) is 18.2 Å². The van der Waals surface area contributed by atoms with E-state index in [0.29, 0.717) is 11.1 Å². The van der Waals surface area contributed by atoms with E-state index in [1.54, 1.807) is 24.3 Å². The van der Waals surface area contributed by atoms with Gasteiger partial charge in [-0.05, 0) is 18.1 Å². The fourth-order valence-electron chi connectivity index (χ4n) is 2.11. The molecular formula is C14H12N2O3. The molecule has 5 heteroatoms. The summed E-state index contributed by atoms with van der Waals surface area (Å²) < 4.78 is 0. The summed E-state index contributed by atoms with van der Waals surface area (Å²) in [5.41, 5.74) is 1.10. The first-order chi connectivity index (χ1) is 9.04. The summed E-state index contributed by atoms with van der Waals surface area (Å²) in [6, 6.07) is 8.87. The van der Waals surface area contributed by atoms with Gasteiger partial charge >= 0.3 is 0 Å².